The SMILES string of the molecule is C=CCN.CCCCCCCC(F)(F)C(F)(F)C(F)(F)C(F)(F)C(F)(F)S(=O)(=O)O. The molecule has 0 radical (unpaired) electrons. The molecule has 3 N–H and O–H groups in total. The van der Waals surface area contributed by atoms with Gasteiger partial charge in [-0.3, -0.25) is 4.55 Å². The lowest BCUT2D eigenvalue weighted by atomic mass is 9.94. The van der Waals surface area contributed by atoms with E-state index in [0.717, 1.165) is 0 Å². The number of nitrogens with two attached hydrogens (primary N) is 1. The Morgan fingerprint density at radius 1 is 0.833 bits per heavy atom. The minimum Gasteiger partial charge on any atom is -0.327 e. The summed E-state index contributed by atoms with van der Waals surface area (Å²) in [7, 11) is -7.32. The highest BCUT2D eigenvalue weighted by atomic mass is 32.2. The number of hydrogen-bond donors (Lipinski definition) is 2. The van der Waals surface area contributed by atoms with Crippen LogP contribution in [-0.2, 0) is 10.1 Å². The van der Waals surface area contributed by atoms with Gasteiger partial charge >= 0.3 is 39.1 Å². The van der Waals surface area contributed by atoms with Gasteiger partial charge in [0.25, 0.3) is 0 Å². The van der Waals surface area contributed by atoms with E-state index in [2.05, 4.69) is 6.58 Å². The molecular formula is C15H23F10NO3S. The fourth-order valence-corrected chi connectivity index (χ4v) is 2.33. The molecule has 0 unspecified atom stereocenters. The quantitative estimate of drug-likeness (QED) is 0.165. The Hall–Kier alpha value is -1.09. The van der Waals surface area contributed by atoms with Gasteiger partial charge in [-0.2, -0.15) is 52.3 Å². The van der Waals surface area contributed by atoms with E-state index >= 15 is 0 Å². The largest absolute Gasteiger partial charge is 0.438 e. The van der Waals surface area contributed by atoms with E-state index in [9.17, 15) is 52.3 Å². The van der Waals surface area contributed by atoms with E-state index in [1.165, 1.54) is 0 Å². The molecule has 0 saturated carbocycles. The topological polar surface area (TPSA) is 80.4 Å². The third-order valence-corrected chi connectivity index (χ3v) is 4.60. The first-order chi connectivity index (χ1) is 13.2. The van der Waals surface area contributed by atoms with Crippen molar-refractivity contribution in [2.75, 3.05) is 6.54 Å². The lowest BCUT2D eigenvalue weighted by Gasteiger charge is -2.38. The molecule has 0 fully saturated rings. The molecule has 0 saturated heterocycles. The number of halogens is 10. The Morgan fingerprint density at radius 2 is 1.23 bits per heavy atom. The molecule has 0 aromatic heterocycles. The lowest BCUT2D eigenvalue weighted by molar-refractivity contribution is -0.390. The van der Waals surface area contributed by atoms with Crippen LogP contribution in [0.15, 0.2) is 12.7 Å². The van der Waals surface area contributed by atoms with E-state index in [0.29, 0.717) is 19.4 Å². The summed E-state index contributed by atoms with van der Waals surface area (Å²) < 4.78 is 160. The number of rotatable bonds is 12. The summed E-state index contributed by atoms with van der Waals surface area (Å²) in [6, 6.07) is 0. The van der Waals surface area contributed by atoms with Gasteiger partial charge in [-0.05, 0) is 6.42 Å². The molecule has 0 rings (SSSR count). The average molecular weight is 487 g/mol. The third-order valence-electron chi connectivity index (χ3n) is 3.70. The minimum atomic E-state index is -7.53. The van der Waals surface area contributed by atoms with E-state index in [4.69, 9.17) is 10.3 Å². The van der Waals surface area contributed by atoms with Crippen molar-refractivity contribution in [3.8, 4) is 0 Å². The van der Waals surface area contributed by atoms with Crippen LogP contribution in [0.5, 0.6) is 0 Å². The molecule has 15 heteroatoms. The van der Waals surface area contributed by atoms with Gasteiger partial charge in [0.2, 0.25) is 0 Å². The van der Waals surface area contributed by atoms with Crippen LogP contribution in [0.25, 0.3) is 0 Å². The van der Waals surface area contributed by atoms with Crippen molar-refractivity contribution in [2.45, 2.75) is 74.4 Å². The molecule has 4 nitrogen and oxygen atoms in total. The summed E-state index contributed by atoms with van der Waals surface area (Å²) in [5, 5.41) is -7.13. The van der Waals surface area contributed by atoms with Gasteiger partial charge in [0.1, 0.15) is 0 Å². The highest BCUT2D eigenvalue weighted by Crippen LogP contribution is 2.58. The van der Waals surface area contributed by atoms with Crippen LogP contribution in [-0.4, -0.2) is 48.5 Å². The van der Waals surface area contributed by atoms with Crippen LogP contribution in [0.4, 0.5) is 43.9 Å². The first kappa shape index (κ1) is 31.1. The van der Waals surface area contributed by atoms with Crippen molar-refractivity contribution >= 4 is 10.1 Å². The normalized spacial score (nSPS) is 14.2. The molecule has 0 aromatic carbocycles. The summed E-state index contributed by atoms with van der Waals surface area (Å²) in [6.45, 7) is 5.65. The maximum Gasteiger partial charge on any atom is 0.438 e. The molecule has 0 aliphatic heterocycles. The lowest BCUT2D eigenvalue weighted by Crippen LogP contribution is -2.68. The Bertz CT molecular complexity index is 639. The minimum absolute atomic E-state index is 0.136. The molecule has 0 heterocycles. The molecule has 0 aliphatic rings. The predicted molar refractivity (Wildman–Crippen MR) is 88.9 cm³/mol. The summed E-state index contributed by atoms with van der Waals surface area (Å²) in [5.74, 6) is -27.9. The van der Waals surface area contributed by atoms with Crippen LogP contribution in [0.2, 0.25) is 0 Å². The maximum absolute atomic E-state index is 13.4. The van der Waals surface area contributed by atoms with Crippen LogP contribution >= 0.6 is 0 Å². The fraction of sp³-hybridized carbons (Fsp3) is 0.867. The smallest absolute Gasteiger partial charge is 0.327 e. The van der Waals surface area contributed by atoms with E-state index in [-0.39, 0.29) is 12.8 Å². The third kappa shape index (κ3) is 6.45. The zero-order valence-corrected chi connectivity index (χ0v) is 16.6. The van der Waals surface area contributed by atoms with Crippen LogP contribution in [0.1, 0.15) is 45.4 Å². The number of hydrogen-bond acceptors (Lipinski definition) is 3. The second-order valence-corrected chi connectivity index (χ2v) is 7.57. The van der Waals surface area contributed by atoms with Crippen molar-refractivity contribution in [3.05, 3.63) is 12.7 Å². The number of alkyl halides is 10. The Labute approximate surface area is 167 Å². The first-order valence-electron chi connectivity index (χ1n) is 8.40. The zero-order valence-electron chi connectivity index (χ0n) is 15.8. The van der Waals surface area contributed by atoms with Gasteiger partial charge in [0.05, 0.1) is 0 Å². The predicted octanol–water partition coefficient (Wildman–Crippen LogP) is 5.50. The molecular weight excluding hydrogens is 464 g/mol. The van der Waals surface area contributed by atoms with Gasteiger partial charge in [-0.1, -0.05) is 38.7 Å². The summed E-state index contributed by atoms with van der Waals surface area (Å²) in [6.07, 6.45) is 0.0677. The van der Waals surface area contributed by atoms with Gasteiger partial charge in [-0.25, -0.2) is 0 Å². The molecule has 0 bridgehead atoms. The van der Waals surface area contributed by atoms with Gasteiger partial charge in [0.15, 0.2) is 0 Å². The first-order valence-corrected chi connectivity index (χ1v) is 9.84. The molecule has 0 amide bonds. The number of unbranched alkanes of at least 4 members (excludes halogenated alkanes) is 4. The highest BCUT2D eigenvalue weighted by Gasteiger charge is 2.88. The van der Waals surface area contributed by atoms with Gasteiger partial charge in [0, 0.05) is 13.0 Å². The van der Waals surface area contributed by atoms with Gasteiger partial charge < -0.3 is 5.73 Å². The van der Waals surface area contributed by atoms with Crippen molar-refractivity contribution < 1.29 is 56.9 Å². The second kappa shape index (κ2) is 11.0. The molecule has 0 spiro atoms. The molecule has 0 aliphatic carbocycles. The van der Waals surface area contributed by atoms with Crippen molar-refractivity contribution in [1.82, 2.24) is 0 Å². The summed E-state index contributed by atoms with van der Waals surface area (Å²) in [4.78, 5) is 0. The molecule has 30 heavy (non-hydrogen) atoms. The Balaban J connectivity index is 0. The zero-order chi connectivity index (χ0) is 24.7. The van der Waals surface area contributed by atoms with Crippen LogP contribution < -0.4 is 5.73 Å². The second-order valence-electron chi connectivity index (χ2n) is 6.11. The molecule has 0 aromatic rings. The van der Waals surface area contributed by atoms with Crippen LogP contribution in [0.3, 0.4) is 0 Å². The van der Waals surface area contributed by atoms with E-state index in [1.54, 1.807) is 13.0 Å². The Morgan fingerprint density at radius 3 is 1.57 bits per heavy atom. The fourth-order valence-electron chi connectivity index (χ4n) is 1.88. The monoisotopic (exact) mass is 487 g/mol. The average Bonchev–Trinajstić information content (AvgIpc) is 2.60. The molecule has 0 atom stereocenters. The van der Waals surface area contributed by atoms with Crippen molar-refractivity contribution in [3.63, 3.8) is 0 Å². The highest BCUT2D eigenvalue weighted by molar-refractivity contribution is 7.87. The summed E-state index contributed by atoms with van der Waals surface area (Å²) in [5.41, 5.74) is 4.91. The van der Waals surface area contributed by atoms with Crippen molar-refractivity contribution in [2.24, 2.45) is 5.73 Å². The van der Waals surface area contributed by atoms with Gasteiger partial charge in [-0.15, -0.1) is 6.58 Å². The van der Waals surface area contributed by atoms with Crippen molar-refractivity contribution in [1.29, 1.82) is 0 Å². The Kier molecular flexibility index (Phi) is 11.4. The van der Waals surface area contributed by atoms with Crippen LogP contribution in [0, 0.1) is 0 Å². The van der Waals surface area contributed by atoms with E-state index in [1.807, 2.05) is 0 Å². The maximum atomic E-state index is 13.4. The standard InChI is InChI=1S/C12H16F10O3S.C3H7N/c1-2-3-4-5-6-7-8(13,14)9(15,16)10(17,18)11(19,20)12(21,22)26(23,24)25;1-2-3-4/h2-7H2,1H3,(H,23,24,25);2H,1,3-4H2. The summed E-state index contributed by atoms with van der Waals surface area (Å²) >= 11 is 0. The molecule has 182 valence electrons. The van der Waals surface area contributed by atoms with E-state index < -0.39 is 51.9 Å².